The van der Waals surface area contributed by atoms with E-state index in [1.165, 1.54) is 30.4 Å². The van der Waals surface area contributed by atoms with Gasteiger partial charge in [0, 0.05) is 18.3 Å². The number of primary amides is 1. The van der Waals surface area contributed by atoms with Crippen LogP contribution in [0.2, 0.25) is 0 Å². The zero-order valence-corrected chi connectivity index (χ0v) is 19.0. The van der Waals surface area contributed by atoms with Crippen LogP contribution in [0.4, 0.5) is 5.69 Å². The van der Waals surface area contributed by atoms with Crippen LogP contribution in [0.1, 0.15) is 33.3 Å². The van der Waals surface area contributed by atoms with Crippen LogP contribution in [-0.2, 0) is 16.6 Å². The molecular formula is C23H21N5O4S. The molecule has 0 fully saturated rings. The molecule has 168 valence electrons. The van der Waals surface area contributed by atoms with Crippen LogP contribution in [0.3, 0.4) is 0 Å². The maximum Gasteiger partial charge on any atom is 0.339 e. The second-order valence-corrected chi connectivity index (χ2v) is 8.37. The molecule has 2 amide bonds. The number of pyridine rings is 1. The van der Waals surface area contributed by atoms with Crippen molar-refractivity contribution in [2.75, 3.05) is 5.32 Å². The van der Waals surface area contributed by atoms with Gasteiger partial charge in [-0.05, 0) is 55.6 Å². The van der Waals surface area contributed by atoms with Crippen molar-refractivity contribution in [3.63, 3.8) is 0 Å². The minimum Gasteiger partial charge on any atom is -0.449 e. The second-order valence-electron chi connectivity index (χ2n) is 7.42. The average Bonchev–Trinajstić information content (AvgIpc) is 3.42. The van der Waals surface area contributed by atoms with Crippen molar-refractivity contribution in [2.24, 2.45) is 12.8 Å². The molecule has 4 rings (SSSR count). The highest BCUT2D eigenvalue weighted by atomic mass is 32.1. The molecule has 3 heterocycles. The fourth-order valence-electron chi connectivity index (χ4n) is 3.40. The lowest BCUT2D eigenvalue weighted by Gasteiger charge is -2.14. The minimum absolute atomic E-state index is 0.291. The lowest BCUT2D eigenvalue weighted by molar-refractivity contribution is -0.123. The summed E-state index contributed by atoms with van der Waals surface area (Å²) in [5.41, 5.74) is 8.09. The molecule has 0 aliphatic carbocycles. The van der Waals surface area contributed by atoms with E-state index in [1.54, 1.807) is 36.9 Å². The van der Waals surface area contributed by atoms with E-state index in [0.29, 0.717) is 39.2 Å². The topological polar surface area (TPSA) is 129 Å². The Labute approximate surface area is 193 Å². The molecule has 9 nitrogen and oxygen atoms in total. The van der Waals surface area contributed by atoms with Gasteiger partial charge in [-0.1, -0.05) is 6.07 Å². The number of aryl methyl sites for hydroxylation is 2. The Kier molecular flexibility index (Phi) is 5.93. The molecule has 0 aliphatic rings. The Balaban J connectivity index is 1.58. The predicted molar refractivity (Wildman–Crippen MR) is 125 cm³/mol. The van der Waals surface area contributed by atoms with Crippen LogP contribution in [-0.4, -0.2) is 38.7 Å². The number of anilines is 1. The number of fused-ring (bicyclic) bond motifs is 1. The summed E-state index contributed by atoms with van der Waals surface area (Å²) in [6.45, 7) is 3.27. The molecule has 1 aromatic carbocycles. The van der Waals surface area contributed by atoms with E-state index >= 15 is 0 Å². The molecule has 0 saturated carbocycles. The van der Waals surface area contributed by atoms with Gasteiger partial charge in [0.2, 0.25) is 5.91 Å². The number of thiophene rings is 1. The van der Waals surface area contributed by atoms with Crippen molar-refractivity contribution in [3.8, 4) is 10.6 Å². The van der Waals surface area contributed by atoms with Crippen LogP contribution >= 0.6 is 11.3 Å². The Hall–Kier alpha value is -4.05. The van der Waals surface area contributed by atoms with Gasteiger partial charge in [0.15, 0.2) is 11.8 Å². The second kappa shape index (κ2) is 8.83. The van der Waals surface area contributed by atoms with E-state index in [-0.39, 0.29) is 0 Å². The largest absolute Gasteiger partial charge is 0.449 e. The molecule has 1 atom stereocenters. The highest BCUT2D eigenvalue weighted by Crippen LogP contribution is 2.29. The maximum atomic E-state index is 13.1. The van der Waals surface area contributed by atoms with Crippen molar-refractivity contribution in [1.82, 2.24) is 14.8 Å². The van der Waals surface area contributed by atoms with Gasteiger partial charge in [-0.2, -0.15) is 5.10 Å². The van der Waals surface area contributed by atoms with Crippen LogP contribution < -0.4 is 11.1 Å². The normalized spacial score (nSPS) is 11.8. The molecule has 3 aromatic heterocycles. The zero-order valence-electron chi connectivity index (χ0n) is 18.2. The van der Waals surface area contributed by atoms with Gasteiger partial charge in [-0.15, -0.1) is 11.3 Å². The van der Waals surface area contributed by atoms with Crippen molar-refractivity contribution < 1.29 is 19.1 Å². The fraction of sp³-hybridized carbons (Fsp3) is 0.174. The van der Waals surface area contributed by atoms with Gasteiger partial charge in [0.25, 0.3) is 5.91 Å². The van der Waals surface area contributed by atoms with E-state index in [4.69, 9.17) is 10.5 Å². The van der Waals surface area contributed by atoms with Crippen molar-refractivity contribution in [2.45, 2.75) is 20.0 Å². The monoisotopic (exact) mass is 463 g/mol. The van der Waals surface area contributed by atoms with Crippen molar-refractivity contribution in [1.29, 1.82) is 0 Å². The number of esters is 1. The summed E-state index contributed by atoms with van der Waals surface area (Å²) in [6, 6.07) is 11.6. The zero-order chi connectivity index (χ0) is 23.7. The first kappa shape index (κ1) is 22.2. The Morgan fingerprint density at radius 1 is 1.18 bits per heavy atom. The summed E-state index contributed by atoms with van der Waals surface area (Å²) in [7, 11) is 1.76. The SMILES string of the molecule is Cc1nn(C)c2nc(-c3cccs3)cc(C(=O)OC(C)C(=O)Nc3ccc(C(N)=O)cc3)c12. The van der Waals surface area contributed by atoms with Gasteiger partial charge in [0.05, 0.1) is 27.2 Å². The number of nitrogens with one attached hydrogen (secondary N) is 1. The smallest absolute Gasteiger partial charge is 0.339 e. The van der Waals surface area contributed by atoms with Crippen molar-refractivity contribution in [3.05, 3.63) is 64.7 Å². The Bertz CT molecular complexity index is 1360. The number of hydrogen-bond acceptors (Lipinski definition) is 7. The first-order valence-electron chi connectivity index (χ1n) is 10.0. The summed E-state index contributed by atoms with van der Waals surface area (Å²) in [5, 5.41) is 9.55. The Morgan fingerprint density at radius 3 is 2.55 bits per heavy atom. The maximum absolute atomic E-state index is 13.1. The van der Waals surface area contributed by atoms with E-state index in [2.05, 4.69) is 15.4 Å². The minimum atomic E-state index is -1.07. The van der Waals surface area contributed by atoms with Crippen LogP contribution in [0.15, 0.2) is 47.8 Å². The van der Waals surface area contributed by atoms with Gasteiger partial charge in [-0.3, -0.25) is 14.3 Å². The van der Waals surface area contributed by atoms with Crippen LogP contribution in [0.25, 0.3) is 21.6 Å². The van der Waals surface area contributed by atoms with Crippen LogP contribution in [0, 0.1) is 6.92 Å². The standard InChI is InChI=1S/C23H21N5O4S/c1-12-19-16(11-17(18-5-4-10-33-18)26-21(19)28(3)27-12)23(31)32-13(2)22(30)25-15-8-6-14(7-9-15)20(24)29/h4-11,13H,1-3H3,(H2,24,29)(H,25,30). The number of benzene rings is 1. The van der Waals surface area contributed by atoms with Gasteiger partial charge < -0.3 is 15.8 Å². The molecule has 0 aliphatic heterocycles. The third-order valence-corrected chi connectivity index (χ3v) is 5.94. The quantitative estimate of drug-likeness (QED) is 0.422. The number of amides is 2. The first-order chi connectivity index (χ1) is 15.7. The lowest BCUT2D eigenvalue weighted by atomic mass is 10.1. The first-order valence-corrected chi connectivity index (χ1v) is 10.9. The number of carbonyl (C=O) groups is 3. The number of hydrogen-bond donors (Lipinski definition) is 2. The third kappa shape index (κ3) is 4.46. The van der Waals surface area contributed by atoms with E-state index in [9.17, 15) is 14.4 Å². The number of carbonyl (C=O) groups excluding carboxylic acids is 3. The summed E-state index contributed by atoms with van der Waals surface area (Å²) >= 11 is 1.50. The van der Waals surface area contributed by atoms with Gasteiger partial charge in [-0.25, -0.2) is 9.78 Å². The van der Waals surface area contributed by atoms with Crippen LogP contribution in [0.5, 0.6) is 0 Å². The van der Waals surface area contributed by atoms with E-state index in [1.807, 2.05) is 17.5 Å². The Morgan fingerprint density at radius 2 is 1.91 bits per heavy atom. The summed E-state index contributed by atoms with van der Waals surface area (Å²) in [5.74, 6) is -1.73. The number of nitrogens with zero attached hydrogens (tertiary/aromatic N) is 3. The number of ether oxygens (including phenoxy) is 1. The highest BCUT2D eigenvalue weighted by Gasteiger charge is 2.24. The fourth-order valence-corrected chi connectivity index (χ4v) is 4.08. The summed E-state index contributed by atoms with van der Waals surface area (Å²) in [6.07, 6.45) is -1.07. The van der Waals surface area contributed by atoms with Gasteiger partial charge in [0.1, 0.15) is 0 Å². The number of rotatable bonds is 6. The molecule has 10 heteroatoms. The van der Waals surface area contributed by atoms with E-state index in [0.717, 1.165) is 4.88 Å². The average molecular weight is 464 g/mol. The predicted octanol–water partition coefficient (Wildman–Crippen LogP) is 3.29. The summed E-state index contributed by atoms with van der Waals surface area (Å²) in [4.78, 5) is 42.4. The molecule has 1 unspecified atom stereocenters. The molecule has 0 radical (unpaired) electrons. The highest BCUT2D eigenvalue weighted by molar-refractivity contribution is 7.13. The lowest BCUT2D eigenvalue weighted by Crippen LogP contribution is -2.30. The molecule has 3 N–H and O–H groups in total. The molecule has 0 saturated heterocycles. The van der Waals surface area contributed by atoms with Gasteiger partial charge >= 0.3 is 5.97 Å². The van der Waals surface area contributed by atoms with E-state index < -0.39 is 23.9 Å². The molecule has 0 spiro atoms. The third-order valence-electron chi connectivity index (χ3n) is 5.05. The molecule has 4 aromatic rings. The molecule has 33 heavy (non-hydrogen) atoms. The summed E-state index contributed by atoms with van der Waals surface area (Å²) < 4.78 is 7.11. The molecular weight excluding hydrogens is 442 g/mol. The van der Waals surface area contributed by atoms with Crippen molar-refractivity contribution >= 4 is 45.8 Å². The number of nitrogens with two attached hydrogens (primary N) is 1. The molecule has 0 bridgehead atoms. The number of aromatic nitrogens is 3.